The Hall–Kier alpha value is -2.25. The molecule has 1 aliphatic rings. The Balaban J connectivity index is 0.00000106. The van der Waals surface area contributed by atoms with Crippen molar-refractivity contribution in [3.05, 3.63) is 35.6 Å². The first-order valence-electron chi connectivity index (χ1n) is 5.95. The van der Waals surface area contributed by atoms with Crippen molar-refractivity contribution < 1.29 is 31.9 Å². The largest absolute Gasteiger partial charge is 0.452 e. The number of nitrogens with zero attached hydrogens (tertiary/aromatic N) is 1. The topological polar surface area (TPSA) is 55.7 Å². The first-order valence-corrected chi connectivity index (χ1v) is 5.95. The van der Waals surface area contributed by atoms with E-state index in [9.17, 15) is 27.2 Å². The number of alkyl halides is 3. The van der Waals surface area contributed by atoms with Gasteiger partial charge in [0.2, 0.25) is 11.9 Å². The lowest BCUT2D eigenvalue weighted by atomic mass is 10.2. The highest BCUT2D eigenvalue weighted by Gasteiger charge is 2.49. The Labute approximate surface area is 117 Å². The van der Waals surface area contributed by atoms with Crippen LogP contribution in [-0.2, 0) is 14.3 Å². The second-order valence-electron chi connectivity index (χ2n) is 3.63. The van der Waals surface area contributed by atoms with Crippen LogP contribution >= 0.6 is 0 Å². The molecule has 8 heteroatoms. The third kappa shape index (κ3) is 3.87. The van der Waals surface area contributed by atoms with Crippen molar-refractivity contribution in [3.63, 3.8) is 0 Å². The molecule has 0 spiro atoms. The minimum atomic E-state index is -5.18. The average molecular weight is 305 g/mol. The van der Waals surface area contributed by atoms with Crippen LogP contribution in [0.3, 0.4) is 0 Å². The number of ketones is 1. The van der Waals surface area contributed by atoms with E-state index in [0.29, 0.717) is 0 Å². The summed E-state index contributed by atoms with van der Waals surface area (Å²) < 4.78 is 53.7. The number of rotatable bonds is 2. The molecule has 1 unspecified atom stereocenters. The SMILES string of the molecule is CC.O=C1OC(c2ccc(F)cc2)=NC1C(=O)C(F)(F)F. The summed E-state index contributed by atoms with van der Waals surface area (Å²) in [4.78, 5) is 25.4. The van der Waals surface area contributed by atoms with Gasteiger partial charge < -0.3 is 4.74 Å². The molecule has 1 heterocycles. The van der Waals surface area contributed by atoms with Crippen LogP contribution in [0.15, 0.2) is 29.3 Å². The molecule has 0 bridgehead atoms. The Bertz CT molecular complexity index is 564. The van der Waals surface area contributed by atoms with E-state index in [-0.39, 0.29) is 5.56 Å². The third-order valence-corrected chi connectivity index (χ3v) is 2.29. The molecule has 1 aliphatic heterocycles. The van der Waals surface area contributed by atoms with Gasteiger partial charge in [0.25, 0.3) is 5.78 Å². The number of hydrogen-bond acceptors (Lipinski definition) is 4. The summed E-state index contributed by atoms with van der Waals surface area (Å²) in [6.07, 6.45) is -5.18. The van der Waals surface area contributed by atoms with Crippen molar-refractivity contribution in [2.45, 2.75) is 26.1 Å². The van der Waals surface area contributed by atoms with Gasteiger partial charge in [0.15, 0.2) is 0 Å². The van der Waals surface area contributed by atoms with Crippen LogP contribution < -0.4 is 0 Å². The summed E-state index contributed by atoms with van der Waals surface area (Å²) in [5, 5.41) is 0. The van der Waals surface area contributed by atoms with Gasteiger partial charge in [-0.05, 0) is 24.3 Å². The average Bonchev–Trinajstić information content (AvgIpc) is 2.82. The van der Waals surface area contributed by atoms with E-state index < -0.39 is 35.7 Å². The first-order chi connectivity index (χ1) is 9.79. The summed E-state index contributed by atoms with van der Waals surface area (Å²) in [7, 11) is 0. The van der Waals surface area contributed by atoms with Gasteiger partial charge in [-0.15, -0.1) is 0 Å². The van der Waals surface area contributed by atoms with Gasteiger partial charge in [0.1, 0.15) is 5.82 Å². The van der Waals surface area contributed by atoms with Crippen molar-refractivity contribution in [3.8, 4) is 0 Å². The summed E-state index contributed by atoms with van der Waals surface area (Å²) in [5.41, 5.74) is 0.104. The maximum atomic E-state index is 12.7. The van der Waals surface area contributed by atoms with E-state index in [1.165, 1.54) is 12.1 Å². The third-order valence-electron chi connectivity index (χ3n) is 2.29. The quantitative estimate of drug-likeness (QED) is 0.479. The number of Topliss-reactive ketones (excluding diaryl/α,β-unsaturated/α-hetero) is 1. The lowest BCUT2D eigenvalue weighted by Gasteiger charge is -2.05. The van der Waals surface area contributed by atoms with E-state index in [0.717, 1.165) is 12.1 Å². The zero-order chi connectivity index (χ0) is 16.2. The number of carbonyl (C=O) groups is 2. The summed E-state index contributed by atoms with van der Waals surface area (Å²) >= 11 is 0. The highest BCUT2D eigenvalue weighted by Crippen LogP contribution is 2.23. The fraction of sp³-hybridized carbons (Fsp3) is 0.308. The van der Waals surface area contributed by atoms with Crippen LogP contribution in [0, 0.1) is 5.82 Å². The van der Waals surface area contributed by atoms with Crippen LogP contribution in [0.25, 0.3) is 0 Å². The lowest BCUT2D eigenvalue weighted by Crippen LogP contribution is -2.36. The van der Waals surface area contributed by atoms with E-state index in [2.05, 4.69) is 9.73 Å². The van der Waals surface area contributed by atoms with Crippen LogP contribution in [0.1, 0.15) is 19.4 Å². The van der Waals surface area contributed by atoms with Crippen LogP contribution in [0.5, 0.6) is 0 Å². The number of halogens is 4. The van der Waals surface area contributed by atoms with Gasteiger partial charge in [-0.25, -0.2) is 14.2 Å². The lowest BCUT2D eigenvalue weighted by molar-refractivity contribution is -0.174. The number of carbonyl (C=O) groups excluding carboxylic acids is 2. The van der Waals surface area contributed by atoms with Crippen molar-refractivity contribution in [1.82, 2.24) is 0 Å². The minimum absolute atomic E-state index is 0.104. The second kappa shape index (κ2) is 6.47. The molecule has 114 valence electrons. The fourth-order valence-electron chi connectivity index (χ4n) is 1.39. The van der Waals surface area contributed by atoms with Gasteiger partial charge in [0, 0.05) is 5.56 Å². The Morgan fingerprint density at radius 3 is 2.19 bits per heavy atom. The van der Waals surface area contributed by atoms with E-state index in [4.69, 9.17) is 0 Å². The van der Waals surface area contributed by atoms with Crippen LogP contribution in [-0.4, -0.2) is 29.9 Å². The van der Waals surface area contributed by atoms with Crippen molar-refractivity contribution in [1.29, 1.82) is 0 Å². The molecule has 0 N–H and O–H groups in total. The van der Waals surface area contributed by atoms with Crippen molar-refractivity contribution in [2.75, 3.05) is 0 Å². The molecule has 0 aliphatic carbocycles. The molecule has 1 aromatic carbocycles. The highest BCUT2D eigenvalue weighted by molar-refractivity contribution is 6.16. The zero-order valence-corrected chi connectivity index (χ0v) is 11.1. The predicted molar refractivity (Wildman–Crippen MR) is 65.2 cm³/mol. The van der Waals surface area contributed by atoms with Gasteiger partial charge >= 0.3 is 12.1 Å². The molecule has 1 atom stereocenters. The number of ether oxygens (including phenoxy) is 1. The molecule has 1 aromatic rings. The second-order valence-corrected chi connectivity index (χ2v) is 3.63. The molecule has 0 radical (unpaired) electrons. The first kappa shape index (κ1) is 16.8. The Kier molecular flexibility index (Phi) is 5.17. The molecule has 0 saturated heterocycles. The molecule has 0 saturated carbocycles. The molecule has 0 amide bonds. The van der Waals surface area contributed by atoms with Gasteiger partial charge in [-0.1, -0.05) is 13.8 Å². The molecule has 2 rings (SSSR count). The molecule has 0 fully saturated rings. The van der Waals surface area contributed by atoms with Crippen molar-refractivity contribution in [2.24, 2.45) is 4.99 Å². The molecular weight excluding hydrogens is 294 g/mol. The summed E-state index contributed by atoms with van der Waals surface area (Å²) in [5.74, 6) is -4.71. The van der Waals surface area contributed by atoms with Crippen LogP contribution in [0.4, 0.5) is 17.6 Å². The summed E-state index contributed by atoms with van der Waals surface area (Å²) in [6.45, 7) is 4.00. The monoisotopic (exact) mass is 305 g/mol. The summed E-state index contributed by atoms with van der Waals surface area (Å²) in [6, 6.07) is 2.12. The maximum Gasteiger partial charge on any atom is 0.452 e. The highest BCUT2D eigenvalue weighted by atomic mass is 19.4. The van der Waals surface area contributed by atoms with E-state index >= 15 is 0 Å². The Morgan fingerprint density at radius 1 is 1.19 bits per heavy atom. The molecule has 4 nitrogen and oxygen atoms in total. The minimum Gasteiger partial charge on any atom is -0.405 e. The number of hydrogen-bond donors (Lipinski definition) is 0. The number of aliphatic imine (C=N–C) groups is 1. The molecular formula is C13H11F4NO3. The maximum absolute atomic E-state index is 12.7. The number of esters is 1. The molecule has 21 heavy (non-hydrogen) atoms. The standard InChI is InChI=1S/C11H5F4NO3.C2H6/c12-6-3-1-5(2-4-6)9-16-7(10(18)19-9)8(17)11(13,14)15;1-2/h1-4,7H;1-2H3. The fourth-order valence-corrected chi connectivity index (χ4v) is 1.39. The molecule has 0 aromatic heterocycles. The smallest absolute Gasteiger partial charge is 0.405 e. The van der Waals surface area contributed by atoms with Gasteiger partial charge in [0.05, 0.1) is 0 Å². The zero-order valence-electron chi connectivity index (χ0n) is 11.1. The van der Waals surface area contributed by atoms with Gasteiger partial charge in [-0.3, -0.25) is 4.79 Å². The normalized spacial score (nSPS) is 17.5. The predicted octanol–water partition coefficient (Wildman–Crippen LogP) is 2.66. The van der Waals surface area contributed by atoms with Gasteiger partial charge in [-0.2, -0.15) is 13.2 Å². The van der Waals surface area contributed by atoms with E-state index in [1.54, 1.807) is 0 Å². The number of benzene rings is 1. The number of cyclic esters (lactones) is 1. The van der Waals surface area contributed by atoms with Crippen LogP contribution in [0.2, 0.25) is 0 Å². The van der Waals surface area contributed by atoms with Crippen molar-refractivity contribution >= 4 is 17.7 Å². The Morgan fingerprint density at radius 2 is 1.71 bits per heavy atom. The van der Waals surface area contributed by atoms with E-state index in [1.807, 2.05) is 13.8 Å².